The molecule has 0 aromatic carbocycles. The van der Waals surface area contributed by atoms with E-state index < -0.39 is 0 Å². The standard InChI is InChI=1S/C18H23N3OS/c1-2-9-21-15(12-20-10-5-6-11-20)19-17-16(18(21)22)13-7-3-4-8-14(13)23-17/h2H,1,3-12H2. The van der Waals surface area contributed by atoms with E-state index in [4.69, 9.17) is 4.98 Å². The van der Waals surface area contributed by atoms with Crippen molar-refractivity contribution in [3.05, 3.63) is 39.3 Å². The molecule has 2 aliphatic rings. The minimum Gasteiger partial charge on any atom is -0.296 e. The number of likely N-dealkylation sites (tertiary alicyclic amines) is 1. The van der Waals surface area contributed by atoms with Crippen molar-refractivity contribution < 1.29 is 0 Å². The molecular weight excluding hydrogens is 306 g/mol. The van der Waals surface area contributed by atoms with E-state index in [0.29, 0.717) is 6.54 Å². The van der Waals surface area contributed by atoms with Crippen LogP contribution < -0.4 is 5.56 Å². The SMILES string of the molecule is C=CCn1c(CN2CCCC2)nc2sc3c(c2c1=O)CCCC3. The maximum absolute atomic E-state index is 13.1. The van der Waals surface area contributed by atoms with Gasteiger partial charge in [-0.15, -0.1) is 17.9 Å². The van der Waals surface area contributed by atoms with Crippen LogP contribution >= 0.6 is 11.3 Å². The van der Waals surface area contributed by atoms with E-state index in [1.807, 2.05) is 4.57 Å². The number of hydrogen-bond acceptors (Lipinski definition) is 4. The Labute approximate surface area is 140 Å². The number of aryl methyl sites for hydroxylation is 2. The molecule has 0 bridgehead atoms. The van der Waals surface area contributed by atoms with Crippen molar-refractivity contribution in [1.29, 1.82) is 0 Å². The molecule has 0 atom stereocenters. The summed E-state index contributed by atoms with van der Waals surface area (Å²) in [4.78, 5) is 22.8. The first-order chi connectivity index (χ1) is 11.3. The van der Waals surface area contributed by atoms with Gasteiger partial charge in [0.1, 0.15) is 10.7 Å². The Hall–Kier alpha value is -1.46. The molecule has 122 valence electrons. The van der Waals surface area contributed by atoms with Gasteiger partial charge in [-0.05, 0) is 57.2 Å². The molecule has 1 fully saturated rings. The predicted molar refractivity (Wildman–Crippen MR) is 95.2 cm³/mol. The fourth-order valence-corrected chi connectivity index (χ4v) is 5.13. The molecule has 0 radical (unpaired) electrons. The smallest absolute Gasteiger partial charge is 0.262 e. The third kappa shape index (κ3) is 2.66. The number of aromatic nitrogens is 2. The molecule has 23 heavy (non-hydrogen) atoms. The summed E-state index contributed by atoms with van der Waals surface area (Å²) in [5, 5.41) is 0.886. The third-order valence-electron chi connectivity index (χ3n) is 5.03. The van der Waals surface area contributed by atoms with Crippen LogP contribution in [0.1, 0.15) is 41.9 Å². The van der Waals surface area contributed by atoms with Crippen molar-refractivity contribution >= 4 is 21.6 Å². The highest BCUT2D eigenvalue weighted by atomic mass is 32.1. The molecule has 0 N–H and O–H groups in total. The zero-order valence-corrected chi connectivity index (χ0v) is 14.3. The van der Waals surface area contributed by atoms with E-state index >= 15 is 0 Å². The van der Waals surface area contributed by atoms with Crippen molar-refractivity contribution in [2.75, 3.05) is 13.1 Å². The molecule has 0 amide bonds. The van der Waals surface area contributed by atoms with E-state index in [1.54, 1.807) is 17.4 Å². The molecule has 4 nitrogen and oxygen atoms in total. The Bertz CT molecular complexity index is 799. The second-order valence-corrected chi connectivity index (χ2v) is 7.69. The van der Waals surface area contributed by atoms with E-state index in [1.165, 1.54) is 36.1 Å². The Kier molecular flexibility index (Phi) is 4.07. The average molecular weight is 329 g/mol. The summed E-state index contributed by atoms with van der Waals surface area (Å²) in [6.45, 7) is 7.39. The van der Waals surface area contributed by atoms with E-state index in [0.717, 1.165) is 48.5 Å². The van der Waals surface area contributed by atoms with Crippen LogP contribution in [0.3, 0.4) is 0 Å². The average Bonchev–Trinajstić information content (AvgIpc) is 3.18. The molecule has 1 saturated heterocycles. The number of allylic oxidation sites excluding steroid dienone is 1. The van der Waals surface area contributed by atoms with E-state index in [2.05, 4.69) is 11.5 Å². The van der Waals surface area contributed by atoms with Crippen LogP contribution in [0.5, 0.6) is 0 Å². The van der Waals surface area contributed by atoms with E-state index in [-0.39, 0.29) is 5.56 Å². The minimum absolute atomic E-state index is 0.142. The lowest BCUT2D eigenvalue weighted by Crippen LogP contribution is -2.29. The topological polar surface area (TPSA) is 38.1 Å². The van der Waals surface area contributed by atoms with E-state index in [9.17, 15) is 4.79 Å². The fraction of sp³-hybridized carbons (Fsp3) is 0.556. The number of thiophene rings is 1. The first-order valence-electron chi connectivity index (χ1n) is 8.65. The Balaban J connectivity index is 1.86. The molecule has 0 unspecified atom stereocenters. The van der Waals surface area contributed by atoms with Gasteiger partial charge in [-0.25, -0.2) is 4.98 Å². The zero-order valence-electron chi connectivity index (χ0n) is 13.5. The highest BCUT2D eigenvalue weighted by molar-refractivity contribution is 7.18. The van der Waals surface area contributed by atoms with Crippen LogP contribution in [0.25, 0.3) is 10.2 Å². The number of rotatable bonds is 4. The Morgan fingerprint density at radius 3 is 2.74 bits per heavy atom. The van der Waals surface area contributed by atoms with Gasteiger partial charge in [-0.2, -0.15) is 0 Å². The normalized spacial score (nSPS) is 18.4. The molecule has 2 aromatic heterocycles. The zero-order chi connectivity index (χ0) is 15.8. The maximum atomic E-state index is 13.1. The van der Waals surface area contributed by atoms with Crippen molar-refractivity contribution in [1.82, 2.24) is 14.5 Å². The molecule has 0 spiro atoms. The summed E-state index contributed by atoms with van der Waals surface area (Å²) in [6.07, 6.45) is 8.88. The van der Waals surface area contributed by atoms with Gasteiger partial charge in [0.25, 0.3) is 5.56 Å². The molecule has 1 aliphatic heterocycles. The molecule has 4 rings (SSSR count). The highest BCUT2D eigenvalue weighted by Crippen LogP contribution is 2.33. The first-order valence-corrected chi connectivity index (χ1v) is 9.47. The summed E-state index contributed by atoms with van der Waals surface area (Å²) in [6, 6.07) is 0. The summed E-state index contributed by atoms with van der Waals surface area (Å²) in [5.74, 6) is 0.905. The van der Waals surface area contributed by atoms with Crippen LogP contribution in [-0.4, -0.2) is 27.5 Å². The maximum Gasteiger partial charge on any atom is 0.262 e. The lowest BCUT2D eigenvalue weighted by atomic mass is 9.97. The Morgan fingerprint density at radius 1 is 1.17 bits per heavy atom. The molecule has 2 aromatic rings. The van der Waals surface area contributed by atoms with Crippen LogP contribution in [-0.2, 0) is 25.9 Å². The minimum atomic E-state index is 0.142. The van der Waals surface area contributed by atoms with Gasteiger partial charge in [0.2, 0.25) is 0 Å². The van der Waals surface area contributed by atoms with Crippen LogP contribution in [0.2, 0.25) is 0 Å². The quantitative estimate of drug-likeness (QED) is 0.809. The second-order valence-electron chi connectivity index (χ2n) is 6.61. The van der Waals surface area contributed by atoms with Gasteiger partial charge in [0.15, 0.2) is 0 Å². The molecule has 1 aliphatic carbocycles. The number of fused-ring (bicyclic) bond motifs is 3. The van der Waals surface area contributed by atoms with Gasteiger partial charge < -0.3 is 0 Å². The molecule has 3 heterocycles. The molecule has 5 heteroatoms. The summed E-state index contributed by atoms with van der Waals surface area (Å²) < 4.78 is 1.84. The van der Waals surface area contributed by atoms with Gasteiger partial charge in [-0.1, -0.05) is 6.08 Å². The Morgan fingerprint density at radius 2 is 1.96 bits per heavy atom. The summed E-state index contributed by atoms with van der Waals surface area (Å²) in [7, 11) is 0. The van der Waals surface area contributed by atoms with Gasteiger partial charge in [0.05, 0.1) is 11.9 Å². The number of hydrogen-bond donors (Lipinski definition) is 0. The summed E-state index contributed by atoms with van der Waals surface area (Å²) in [5.41, 5.74) is 1.42. The molecular formula is C18H23N3OS. The van der Waals surface area contributed by atoms with Crippen molar-refractivity contribution in [2.24, 2.45) is 0 Å². The second kappa shape index (κ2) is 6.21. The largest absolute Gasteiger partial charge is 0.296 e. The van der Waals surface area contributed by atoms with Crippen molar-refractivity contribution in [3.63, 3.8) is 0 Å². The number of nitrogens with zero attached hydrogens (tertiary/aromatic N) is 3. The predicted octanol–water partition coefficient (Wildman–Crippen LogP) is 3.12. The first kappa shape index (κ1) is 15.1. The monoisotopic (exact) mass is 329 g/mol. The van der Waals surface area contributed by atoms with Crippen LogP contribution in [0.15, 0.2) is 17.4 Å². The van der Waals surface area contributed by atoms with Gasteiger partial charge >= 0.3 is 0 Å². The fourth-order valence-electron chi connectivity index (χ4n) is 3.86. The van der Waals surface area contributed by atoms with Gasteiger partial charge in [0, 0.05) is 11.4 Å². The van der Waals surface area contributed by atoms with Crippen LogP contribution in [0.4, 0.5) is 0 Å². The molecule has 0 saturated carbocycles. The van der Waals surface area contributed by atoms with Crippen molar-refractivity contribution in [3.8, 4) is 0 Å². The summed E-state index contributed by atoms with van der Waals surface area (Å²) >= 11 is 1.74. The van der Waals surface area contributed by atoms with Gasteiger partial charge in [-0.3, -0.25) is 14.3 Å². The third-order valence-corrected chi connectivity index (χ3v) is 6.21. The lowest BCUT2D eigenvalue weighted by Gasteiger charge is -2.17. The van der Waals surface area contributed by atoms with Crippen molar-refractivity contribution in [2.45, 2.75) is 51.6 Å². The van der Waals surface area contributed by atoms with Crippen LogP contribution in [0, 0.1) is 0 Å². The lowest BCUT2D eigenvalue weighted by molar-refractivity contribution is 0.315. The highest BCUT2D eigenvalue weighted by Gasteiger charge is 2.23.